The van der Waals surface area contributed by atoms with E-state index in [4.69, 9.17) is 21.4 Å². The fraction of sp³-hybridized carbons (Fsp3) is 0.429. The highest BCUT2D eigenvalue weighted by molar-refractivity contribution is 6.30. The van der Waals surface area contributed by atoms with Crippen molar-refractivity contribution in [1.29, 1.82) is 0 Å². The average molecular weight is 316 g/mol. The second kappa shape index (κ2) is 6.41. The standard InChI is InChI=1S/C14H15ClFNO4/c1-7(14(19)20)17-13(18)9-4-5-21-12(9)8-2-3-10(15)11(16)6-8/h2-3,6-7,9,12H,4-5H2,1H3,(H,17,18)(H,19,20)/t7-,9+,12-/m0/s1. The van der Waals surface area contributed by atoms with Crippen molar-refractivity contribution in [2.45, 2.75) is 25.5 Å². The van der Waals surface area contributed by atoms with E-state index in [9.17, 15) is 14.0 Å². The van der Waals surface area contributed by atoms with Crippen LogP contribution in [0, 0.1) is 11.7 Å². The van der Waals surface area contributed by atoms with Gasteiger partial charge in [0, 0.05) is 6.61 Å². The van der Waals surface area contributed by atoms with Crippen LogP contribution in [0.1, 0.15) is 25.0 Å². The van der Waals surface area contributed by atoms with Crippen molar-refractivity contribution in [3.8, 4) is 0 Å². The van der Waals surface area contributed by atoms with Gasteiger partial charge < -0.3 is 15.2 Å². The van der Waals surface area contributed by atoms with Gasteiger partial charge in [-0.25, -0.2) is 4.39 Å². The molecule has 0 aliphatic carbocycles. The van der Waals surface area contributed by atoms with E-state index < -0.39 is 35.8 Å². The molecule has 1 aliphatic rings. The summed E-state index contributed by atoms with van der Waals surface area (Å²) in [6.45, 7) is 1.74. The Morgan fingerprint density at radius 3 is 2.86 bits per heavy atom. The second-order valence-electron chi connectivity index (χ2n) is 4.93. The van der Waals surface area contributed by atoms with Crippen LogP contribution >= 0.6 is 11.6 Å². The molecule has 1 aliphatic heterocycles. The minimum atomic E-state index is -1.11. The van der Waals surface area contributed by atoms with Crippen LogP contribution in [0.2, 0.25) is 5.02 Å². The molecule has 0 unspecified atom stereocenters. The van der Waals surface area contributed by atoms with Crippen molar-refractivity contribution in [2.75, 3.05) is 6.61 Å². The summed E-state index contributed by atoms with van der Waals surface area (Å²) in [5.41, 5.74) is 0.512. The summed E-state index contributed by atoms with van der Waals surface area (Å²) in [6.07, 6.45) is -0.148. The highest BCUT2D eigenvalue weighted by Crippen LogP contribution is 2.35. The van der Waals surface area contributed by atoms with Gasteiger partial charge in [0.2, 0.25) is 5.91 Å². The average Bonchev–Trinajstić information content (AvgIpc) is 2.91. The van der Waals surface area contributed by atoms with Crippen LogP contribution in [0.3, 0.4) is 0 Å². The maximum atomic E-state index is 13.5. The number of rotatable bonds is 4. The molecule has 0 saturated carbocycles. The molecule has 21 heavy (non-hydrogen) atoms. The third-order valence-corrected chi connectivity index (χ3v) is 3.74. The number of ether oxygens (including phenoxy) is 1. The number of halogens is 2. The predicted octanol–water partition coefficient (Wildman–Crippen LogP) is 2.15. The van der Waals surface area contributed by atoms with E-state index in [2.05, 4.69) is 5.32 Å². The van der Waals surface area contributed by atoms with Crippen LogP contribution in [0.5, 0.6) is 0 Å². The first-order chi connectivity index (χ1) is 9.90. The molecule has 2 N–H and O–H groups in total. The van der Waals surface area contributed by atoms with Gasteiger partial charge in [-0.05, 0) is 31.0 Å². The summed E-state index contributed by atoms with van der Waals surface area (Å²) >= 11 is 5.63. The number of carbonyl (C=O) groups excluding carboxylic acids is 1. The lowest BCUT2D eigenvalue weighted by atomic mass is 9.94. The first-order valence-electron chi connectivity index (χ1n) is 6.50. The van der Waals surface area contributed by atoms with Crippen LogP contribution in [0.15, 0.2) is 18.2 Å². The van der Waals surface area contributed by atoms with E-state index in [0.717, 1.165) is 0 Å². The Kier molecular flexibility index (Phi) is 4.80. The summed E-state index contributed by atoms with van der Waals surface area (Å²) in [6, 6.07) is 3.25. The summed E-state index contributed by atoms with van der Waals surface area (Å²) < 4.78 is 19.0. The van der Waals surface area contributed by atoms with E-state index in [1.165, 1.54) is 19.1 Å². The number of benzene rings is 1. The molecule has 3 atom stereocenters. The lowest BCUT2D eigenvalue weighted by Gasteiger charge is -2.20. The third kappa shape index (κ3) is 3.51. The Labute approximate surface area is 126 Å². The second-order valence-corrected chi connectivity index (χ2v) is 5.34. The Morgan fingerprint density at radius 2 is 2.24 bits per heavy atom. The Bertz CT molecular complexity index is 566. The molecule has 1 aromatic carbocycles. The van der Waals surface area contributed by atoms with Gasteiger partial charge in [-0.15, -0.1) is 0 Å². The van der Waals surface area contributed by atoms with E-state index in [0.29, 0.717) is 18.6 Å². The summed E-state index contributed by atoms with van der Waals surface area (Å²) in [5, 5.41) is 11.2. The van der Waals surface area contributed by atoms with Crippen LogP contribution in [0.4, 0.5) is 4.39 Å². The minimum Gasteiger partial charge on any atom is -0.480 e. The van der Waals surface area contributed by atoms with Crippen molar-refractivity contribution < 1.29 is 23.8 Å². The molecule has 7 heteroatoms. The van der Waals surface area contributed by atoms with Crippen LogP contribution in [-0.2, 0) is 14.3 Å². The molecule has 1 amide bonds. The molecule has 0 bridgehead atoms. The Balaban J connectivity index is 2.14. The Hall–Kier alpha value is -1.66. The van der Waals surface area contributed by atoms with Gasteiger partial charge in [0.25, 0.3) is 0 Å². The molecule has 0 spiro atoms. The summed E-state index contributed by atoms with van der Waals surface area (Å²) in [7, 11) is 0. The molecule has 1 fully saturated rings. The normalized spacial score (nSPS) is 22.8. The number of carboxylic acids is 1. The van der Waals surface area contributed by atoms with Crippen LogP contribution < -0.4 is 5.32 Å². The number of aliphatic carboxylic acids is 1. The third-order valence-electron chi connectivity index (χ3n) is 3.43. The zero-order chi connectivity index (χ0) is 15.6. The first kappa shape index (κ1) is 15.7. The van der Waals surface area contributed by atoms with Gasteiger partial charge >= 0.3 is 5.97 Å². The molecule has 1 aromatic rings. The van der Waals surface area contributed by atoms with Crippen molar-refractivity contribution in [2.24, 2.45) is 5.92 Å². The number of nitrogens with one attached hydrogen (secondary N) is 1. The molecular formula is C14H15ClFNO4. The largest absolute Gasteiger partial charge is 0.480 e. The molecule has 1 saturated heterocycles. The predicted molar refractivity (Wildman–Crippen MR) is 73.5 cm³/mol. The summed E-state index contributed by atoms with van der Waals surface area (Å²) in [4.78, 5) is 22.9. The lowest BCUT2D eigenvalue weighted by molar-refractivity contribution is -0.142. The number of amides is 1. The molecule has 114 valence electrons. The summed E-state index contributed by atoms with van der Waals surface area (Å²) in [5.74, 6) is -2.66. The minimum absolute atomic E-state index is 0.00255. The highest BCUT2D eigenvalue weighted by Gasteiger charge is 2.36. The van der Waals surface area contributed by atoms with E-state index in [1.54, 1.807) is 6.07 Å². The van der Waals surface area contributed by atoms with Gasteiger partial charge in [-0.3, -0.25) is 9.59 Å². The quantitative estimate of drug-likeness (QED) is 0.892. The fourth-order valence-corrected chi connectivity index (χ4v) is 2.38. The van der Waals surface area contributed by atoms with Crippen LogP contribution in [-0.4, -0.2) is 29.6 Å². The number of hydrogen-bond acceptors (Lipinski definition) is 3. The number of hydrogen-bond donors (Lipinski definition) is 2. The van der Waals surface area contributed by atoms with Gasteiger partial charge in [-0.1, -0.05) is 17.7 Å². The van der Waals surface area contributed by atoms with E-state index in [1.807, 2.05) is 0 Å². The number of carbonyl (C=O) groups is 2. The van der Waals surface area contributed by atoms with Gasteiger partial charge in [0.15, 0.2) is 0 Å². The monoisotopic (exact) mass is 315 g/mol. The molecular weight excluding hydrogens is 301 g/mol. The van der Waals surface area contributed by atoms with Crippen molar-refractivity contribution >= 4 is 23.5 Å². The number of carboxylic acid groups (broad SMARTS) is 1. The van der Waals surface area contributed by atoms with Gasteiger partial charge in [0.05, 0.1) is 17.0 Å². The molecule has 0 aromatic heterocycles. The van der Waals surface area contributed by atoms with E-state index >= 15 is 0 Å². The van der Waals surface area contributed by atoms with Crippen molar-refractivity contribution in [3.63, 3.8) is 0 Å². The molecule has 0 radical (unpaired) electrons. The first-order valence-corrected chi connectivity index (χ1v) is 6.87. The highest BCUT2D eigenvalue weighted by atomic mass is 35.5. The zero-order valence-electron chi connectivity index (χ0n) is 11.3. The van der Waals surface area contributed by atoms with Crippen molar-refractivity contribution in [1.82, 2.24) is 5.32 Å². The molecule has 1 heterocycles. The topological polar surface area (TPSA) is 75.6 Å². The maximum Gasteiger partial charge on any atom is 0.325 e. The SMILES string of the molecule is C[C@H](NC(=O)[C@@H]1CCO[C@H]1c1ccc(Cl)c(F)c1)C(=O)O. The van der Waals surface area contributed by atoms with Gasteiger partial charge in [0.1, 0.15) is 11.9 Å². The fourth-order valence-electron chi connectivity index (χ4n) is 2.26. The molecule has 5 nitrogen and oxygen atoms in total. The lowest BCUT2D eigenvalue weighted by Crippen LogP contribution is -2.42. The Morgan fingerprint density at radius 1 is 1.52 bits per heavy atom. The van der Waals surface area contributed by atoms with E-state index in [-0.39, 0.29) is 5.02 Å². The maximum absolute atomic E-state index is 13.5. The zero-order valence-corrected chi connectivity index (χ0v) is 12.1. The van der Waals surface area contributed by atoms with Crippen LogP contribution in [0.25, 0.3) is 0 Å². The molecule has 2 rings (SSSR count). The van der Waals surface area contributed by atoms with Crippen molar-refractivity contribution in [3.05, 3.63) is 34.6 Å². The van der Waals surface area contributed by atoms with Gasteiger partial charge in [-0.2, -0.15) is 0 Å². The smallest absolute Gasteiger partial charge is 0.325 e.